The summed E-state index contributed by atoms with van der Waals surface area (Å²) in [6, 6.07) is 18.0. The van der Waals surface area contributed by atoms with E-state index in [2.05, 4.69) is 22.9 Å². The maximum absolute atomic E-state index is 12.7. The van der Waals surface area contributed by atoms with E-state index in [-0.39, 0.29) is 5.91 Å². The molecule has 3 nitrogen and oxygen atoms in total. The first-order valence-corrected chi connectivity index (χ1v) is 7.59. The Hall–Kier alpha value is -2.55. The predicted molar refractivity (Wildman–Crippen MR) is 91.1 cm³/mol. The second-order valence-corrected chi connectivity index (χ2v) is 5.43. The molecule has 112 valence electrons. The number of benzene rings is 2. The number of hydrogen-bond donors (Lipinski definition) is 0. The largest absolute Gasteiger partial charge is 0.350 e. The van der Waals surface area contributed by atoms with Crippen LogP contribution < -0.4 is 4.90 Å². The molecule has 0 bridgehead atoms. The monoisotopic (exact) mass is 292 g/mol. The number of carbonyl (C=O) groups is 1. The number of likely N-dealkylation sites (N-methyl/N-ethyl adjacent to an activating group) is 1. The van der Waals surface area contributed by atoms with Gasteiger partial charge in [0.15, 0.2) is 0 Å². The number of fused-ring (bicyclic) bond motifs is 1. The summed E-state index contributed by atoms with van der Waals surface area (Å²) < 4.78 is 2.08. The lowest BCUT2D eigenvalue weighted by Crippen LogP contribution is -2.31. The van der Waals surface area contributed by atoms with Crippen LogP contribution in [0.5, 0.6) is 0 Å². The molecule has 1 heterocycles. The number of aromatic nitrogens is 1. The predicted octanol–water partition coefficient (Wildman–Crippen LogP) is 3.77. The van der Waals surface area contributed by atoms with Gasteiger partial charge in [-0.2, -0.15) is 0 Å². The maximum Gasteiger partial charge on any atom is 0.231 e. The van der Waals surface area contributed by atoms with Gasteiger partial charge in [0.05, 0.1) is 6.42 Å². The lowest BCUT2D eigenvalue weighted by atomic mass is 10.1. The van der Waals surface area contributed by atoms with Gasteiger partial charge in [-0.1, -0.05) is 36.4 Å². The highest BCUT2D eigenvalue weighted by atomic mass is 16.2. The average Bonchev–Trinajstić information content (AvgIpc) is 2.86. The summed E-state index contributed by atoms with van der Waals surface area (Å²) >= 11 is 0. The number of anilines is 1. The van der Waals surface area contributed by atoms with Gasteiger partial charge in [0.1, 0.15) is 0 Å². The Balaban J connectivity index is 1.89. The molecule has 2 aromatic carbocycles. The number of hydrogen-bond acceptors (Lipinski definition) is 1. The molecule has 0 spiro atoms. The van der Waals surface area contributed by atoms with Gasteiger partial charge >= 0.3 is 0 Å². The molecular weight excluding hydrogens is 272 g/mol. The molecule has 3 aromatic rings. The summed E-state index contributed by atoms with van der Waals surface area (Å²) in [4.78, 5) is 14.5. The van der Waals surface area contributed by atoms with Crippen LogP contribution in [0.2, 0.25) is 0 Å². The second-order valence-electron chi connectivity index (χ2n) is 5.43. The lowest BCUT2D eigenvalue weighted by molar-refractivity contribution is -0.117. The van der Waals surface area contributed by atoms with Crippen LogP contribution in [-0.4, -0.2) is 17.0 Å². The van der Waals surface area contributed by atoms with Gasteiger partial charge in [0, 0.05) is 36.4 Å². The van der Waals surface area contributed by atoms with E-state index in [0.717, 1.165) is 22.2 Å². The highest BCUT2D eigenvalue weighted by Gasteiger charge is 2.16. The van der Waals surface area contributed by atoms with Gasteiger partial charge in [0.25, 0.3) is 0 Å². The fraction of sp³-hybridized carbons (Fsp3) is 0.211. The normalized spacial score (nSPS) is 10.8. The number of carbonyl (C=O) groups excluding carboxylic acids is 1. The Morgan fingerprint density at radius 2 is 1.73 bits per heavy atom. The Morgan fingerprint density at radius 3 is 2.45 bits per heavy atom. The van der Waals surface area contributed by atoms with E-state index in [0.29, 0.717) is 13.0 Å². The lowest BCUT2D eigenvalue weighted by Gasteiger charge is -2.20. The summed E-state index contributed by atoms with van der Waals surface area (Å²) in [5.41, 5.74) is 3.20. The molecule has 0 fully saturated rings. The van der Waals surface area contributed by atoms with E-state index in [1.165, 1.54) is 0 Å². The summed E-state index contributed by atoms with van der Waals surface area (Å²) in [6.45, 7) is 2.68. The minimum Gasteiger partial charge on any atom is -0.350 e. The van der Waals surface area contributed by atoms with Crippen LogP contribution in [0.4, 0.5) is 5.69 Å². The third-order valence-electron chi connectivity index (χ3n) is 4.01. The number of para-hydroxylation sites is 2. The van der Waals surface area contributed by atoms with Crippen molar-refractivity contribution in [3.8, 4) is 0 Å². The zero-order chi connectivity index (χ0) is 15.5. The molecule has 1 amide bonds. The third kappa shape index (κ3) is 2.62. The Morgan fingerprint density at radius 1 is 1.05 bits per heavy atom. The first-order chi connectivity index (χ1) is 10.7. The van der Waals surface area contributed by atoms with Crippen molar-refractivity contribution in [3.63, 3.8) is 0 Å². The average molecular weight is 292 g/mol. The Bertz CT molecular complexity index is 790. The number of rotatable bonds is 4. The first kappa shape index (κ1) is 14.4. The molecule has 0 atom stereocenters. The summed E-state index contributed by atoms with van der Waals surface area (Å²) in [6.07, 6.45) is 2.48. The fourth-order valence-electron chi connectivity index (χ4n) is 2.94. The fourth-order valence-corrected chi connectivity index (χ4v) is 2.94. The SMILES string of the molecule is CCN(C(=O)Cc1cn(C)c2ccccc12)c1ccccc1. The highest BCUT2D eigenvalue weighted by molar-refractivity contribution is 5.97. The van der Waals surface area contributed by atoms with Gasteiger partial charge in [-0.05, 0) is 30.7 Å². The van der Waals surface area contributed by atoms with Gasteiger partial charge in [-0.15, -0.1) is 0 Å². The molecule has 0 aliphatic rings. The van der Waals surface area contributed by atoms with Crippen molar-refractivity contribution >= 4 is 22.5 Å². The topological polar surface area (TPSA) is 25.2 Å². The van der Waals surface area contributed by atoms with E-state index in [1.54, 1.807) is 0 Å². The molecule has 0 aliphatic carbocycles. The van der Waals surface area contributed by atoms with Crippen molar-refractivity contribution in [2.45, 2.75) is 13.3 Å². The van der Waals surface area contributed by atoms with Gasteiger partial charge in [0.2, 0.25) is 5.91 Å². The van der Waals surface area contributed by atoms with Crippen LogP contribution in [-0.2, 0) is 18.3 Å². The molecule has 0 aliphatic heterocycles. The molecule has 3 rings (SSSR count). The van der Waals surface area contributed by atoms with Crippen molar-refractivity contribution in [2.75, 3.05) is 11.4 Å². The molecule has 0 saturated carbocycles. The van der Waals surface area contributed by atoms with Crippen LogP contribution >= 0.6 is 0 Å². The summed E-state index contributed by atoms with van der Waals surface area (Å²) in [5, 5.41) is 1.16. The molecule has 1 aromatic heterocycles. The minimum atomic E-state index is 0.130. The molecule has 0 radical (unpaired) electrons. The molecular formula is C19H20N2O. The van der Waals surface area contributed by atoms with Crippen LogP contribution in [0, 0.1) is 0 Å². The first-order valence-electron chi connectivity index (χ1n) is 7.59. The smallest absolute Gasteiger partial charge is 0.231 e. The van der Waals surface area contributed by atoms with Crippen molar-refractivity contribution in [1.82, 2.24) is 4.57 Å². The van der Waals surface area contributed by atoms with Crippen LogP contribution in [0.1, 0.15) is 12.5 Å². The number of aryl methyl sites for hydroxylation is 1. The molecule has 0 N–H and O–H groups in total. The van der Waals surface area contributed by atoms with Crippen molar-refractivity contribution in [2.24, 2.45) is 7.05 Å². The summed E-state index contributed by atoms with van der Waals surface area (Å²) in [5.74, 6) is 0.130. The quantitative estimate of drug-likeness (QED) is 0.718. The van der Waals surface area contributed by atoms with Gasteiger partial charge in [-0.3, -0.25) is 4.79 Å². The van der Waals surface area contributed by atoms with E-state index in [4.69, 9.17) is 0 Å². The number of amides is 1. The molecule has 0 saturated heterocycles. The Kier molecular flexibility index (Phi) is 3.96. The highest BCUT2D eigenvalue weighted by Crippen LogP contribution is 2.22. The minimum absolute atomic E-state index is 0.130. The standard InChI is InChI=1S/C19H20N2O/c1-3-21(16-9-5-4-6-10-16)19(22)13-15-14-20(2)18-12-8-7-11-17(15)18/h4-12,14H,3,13H2,1-2H3. The van der Waals surface area contributed by atoms with E-state index in [9.17, 15) is 4.79 Å². The van der Waals surface area contributed by atoms with Crippen molar-refractivity contribution in [1.29, 1.82) is 0 Å². The maximum atomic E-state index is 12.7. The van der Waals surface area contributed by atoms with Crippen molar-refractivity contribution in [3.05, 3.63) is 66.4 Å². The third-order valence-corrected chi connectivity index (χ3v) is 4.01. The number of nitrogens with zero attached hydrogens (tertiary/aromatic N) is 2. The molecule has 3 heteroatoms. The van der Waals surface area contributed by atoms with Crippen LogP contribution in [0.3, 0.4) is 0 Å². The van der Waals surface area contributed by atoms with Crippen LogP contribution in [0.15, 0.2) is 60.8 Å². The molecule has 22 heavy (non-hydrogen) atoms. The summed E-state index contributed by atoms with van der Waals surface area (Å²) in [7, 11) is 2.02. The van der Waals surface area contributed by atoms with E-state index in [1.807, 2.05) is 61.3 Å². The Labute approximate surface area is 130 Å². The zero-order valence-electron chi connectivity index (χ0n) is 13.0. The van der Waals surface area contributed by atoms with Crippen molar-refractivity contribution < 1.29 is 4.79 Å². The van der Waals surface area contributed by atoms with Gasteiger partial charge < -0.3 is 9.47 Å². The molecule has 0 unspecified atom stereocenters. The second kappa shape index (κ2) is 6.06. The zero-order valence-corrected chi connectivity index (χ0v) is 13.0. The van der Waals surface area contributed by atoms with E-state index < -0.39 is 0 Å². The van der Waals surface area contributed by atoms with Gasteiger partial charge in [-0.25, -0.2) is 0 Å². The van der Waals surface area contributed by atoms with Crippen LogP contribution in [0.25, 0.3) is 10.9 Å². The van der Waals surface area contributed by atoms with E-state index >= 15 is 0 Å².